The highest BCUT2D eigenvalue weighted by molar-refractivity contribution is 5.71. The van der Waals surface area contributed by atoms with Crippen molar-refractivity contribution in [1.29, 1.82) is 0 Å². The Balaban J connectivity index is 0. The summed E-state index contributed by atoms with van der Waals surface area (Å²) in [6.07, 6.45) is 0.222. The van der Waals surface area contributed by atoms with Crippen molar-refractivity contribution in [2.24, 2.45) is 5.92 Å². The van der Waals surface area contributed by atoms with Crippen LogP contribution in [0.4, 0.5) is 0 Å². The summed E-state index contributed by atoms with van der Waals surface area (Å²) in [5.74, 6) is -0.894. The maximum Gasteiger partial charge on any atom is 0.308 e. The van der Waals surface area contributed by atoms with E-state index in [0.29, 0.717) is 0 Å². The predicted octanol–water partition coefficient (Wildman–Crippen LogP) is 1.30. The minimum Gasteiger partial charge on any atom is -0.481 e. The first-order valence-electron chi connectivity index (χ1n) is 3.75. The molecule has 0 atom stereocenters. The van der Waals surface area contributed by atoms with Gasteiger partial charge in [-0.3, -0.25) is 9.59 Å². The first kappa shape index (κ1) is 13.5. The van der Waals surface area contributed by atoms with Crippen LogP contribution in [0.25, 0.3) is 0 Å². The van der Waals surface area contributed by atoms with Gasteiger partial charge in [0.1, 0.15) is 0 Å². The summed E-state index contributed by atoms with van der Waals surface area (Å²) in [6.45, 7) is 5.19. The highest BCUT2D eigenvalue weighted by Crippen LogP contribution is 1.91. The molecule has 4 heteroatoms. The van der Waals surface area contributed by atoms with Crippen molar-refractivity contribution in [2.45, 2.75) is 27.2 Å². The summed E-state index contributed by atoms with van der Waals surface area (Å²) in [7, 11) is 1.39. The molecule has 0 unspecified atom stereocenters. The van der Waals surface area contributed by atoms with Crippen molar-refractivity contribution in [3.05, 3.63) is 0 Å². The van der Waals surface area contributed by atoms with E-state index in [1.165, 1.54) is 7.11 Å². The minimum atomic E-state index is -0.745. The monoisotopic (exact) mass is 176 g/mol. The van der Waals surface area contributed by atoms with Crippen molar-refractivity contribution in [3.63, 3.8) is 0 Å². The zero-order valence-corrected chi connectivity index (χ0v) is 7.96. The molecular weight excluding hydrogens is 160 g/mol. The van der Waals surface area contributed by atoms with E-state index >= 15 is 0 Å². The molecule has 0 aromatic rings. The van der Waals surface area contributed by atoms with E-state index in [1.54, 1.807) is 20.8 Å². The normalized spacial score (nSPS) is 8.42. The molecule has 4 nitrogen and oxygen atoms in total. The van der Waals surface area contributed by atoms with Crippen molar-refractivity contribution < 1.29 is 19.4 Å². The van der Waals surface area contributed by atoms with Gasteiger partial charge in [-0.05, 0) is 0 Å². The molecule has 0 amide bonds. The molecule has 72 valence electrons. The summed E-state index contributed by atoms with van der Waals surface area (Å²) in [4.78, 5) is 19.7. The SMILES string of the molecule is CCC(=O)O.COC(=O)C(C)C. The summed E-state index contributed by atoms with van der Waals surface area (Å²) in [5, 5.41) is 7.72. The van der Waals surface area contributed by atoms with Crippen LogP contribution in [0.3, 0.4) is 0 Å². The van der Waals surface area contributed by atoms with Crippen LogP contribution in [-0.2, 0) is 14.3 Å². The lowest BCUT2D eigenvalue weighted by Crippen LogP contribution is -2.07. The van der Waals surface area contributed by atoms with Crippen LogP contribution < -0.4 is 0 Å². The molecule has 0 aromatic carbocycles. The van der Waals surface area contributed by atoms with Crippen molar-refractivity contribution in [2.75, 3.05) is 7.11 Å². The number of rotatable bonds is 2. The van der Waals surface area contributed by atoms with Crippen molar-refractivity contribution in [1.82, 2.24) is 0 Å². The fourth-order valence-corrected chi connectivity index (χ4v) is 0.236. The Morgan fingerprint density at radius 2 is 1.75 bits per heavy atom. The van der Waals surface area contributed by atoms with Crippen LogP contribution in [0.5, 0.6) is 0 Å². The molecule has 0 bridgehead atoms. The summed E-state index contributed by atoms with van der Waals surface area (Å²) in [6, 6.07) is 0. The topological polar surface area (TPSA) is 63.6 Å². The second kappa shape index (κ2) is 8.04. The third kappa shape index (κ3) is 11.7. The van der Waals surface area contributed by atoms with Gasteiger partial charge in [0.2, 0.25) is 0 Å². The van der Waals surface area contributed by atoms with Crippen LogP contribution in [-0.4, -0.2) is 24.2 Å². The second-order valence-electron chi connectivity index (χ2n) is 2.43. The molecule has 0 rings (SSSR count). The summed E-state index contributed by atoms with van der Waals surface area (Å²) < 4.78 is 4.37. The zero-order valence-electron chi connectivity index (χ0n) is 7.96. The van der Waals surface area contributed by atoms with Gasteiger partial charge in [0.25, 0.3) is 0 Å². The highest BCUT2D eigenvalue weighted by Gasteiger charge is 2.03. The molecule has 0 heterocycles. The van der Waals surface area contributed by atoms with Crippen LogP contribution in [0.15, 0.2) is 0 Å². The molecular formula is C8H16O4. The van der Waals surface area contributed by atoms with E-state index in [9.17, 15) is 9.59 Å². The third-order valence-electron chi connectivity index (χ3n) is 0.975. The van der Waals surface area contributed by atoms with Crippen LogP contribution in [0.1, 0.15) is 27.2 Å². The number of ether oxygens (including phenoxy) is 1. The molecule has 0 spiro atoms. The lowest BCUT2D eigenvalue weighted by molar-refractivity contribution is -0.144. The Bertz CT molecular complexity index is 140. The molecule has 0 radical (unpaired) electrons. The van der Waals surface area contributed by atoms with E-state index in [2.05, 4.69) is 4.74 Å². The van der Waals surface area contributed by atoms with Gasteiger partial charge in [0, 0.05) is 6.42 Å². The van der Waals surface area contributed by atoms with Gasteiger partial charge in [0.05, 0.1) is 13.0 Å². The first-order valence-corrected chi connectivity index (χ1v) is 3.75. The number of methoxy groups -OCH3 is 1. The maximum absolute atomic E-state index is 10.3. The molecule has 0 fully saturated rings. The van der Waals surface area contributed by atoms with Crippen molar-refractivity contribution >= 4 is 11.9 Å². The molecule has 0 aliphatic carbocycles. The molecule has 12 heavy (non-hydrogen) atoms. The molecule has 0 saturated carbocycles. The lowest BCUT2D eigenvalue weighted by atomic mass is 10.2. The van der Waals surface area contributed by atoms with Gasteiger partial charge >= 0.3 is 11.9 Å². The van der Waals surface area contributed by atoms with Gasteiger partial charge in [-0.15, -0.1) is 0 Å². The fourth-order valence-electron chi connectivity index (χ4n) is 0.236. The Kier molecular flexibility index (Phi) is 9.06. The number of carbonyl (C=O) groups is 2. The average molecular weight is 176 g/mol. The quantitative estimate of drug-likeness (QED) is 0.644. The van der Waals surface area contributed by atoms with Crippen LogP contribution >= 0.6 is 0 Å². The summed E-state index contributed by atoms with van der Waals surface area (Å²) >= 11 is 0. The van der Waals surface area contributed by atoms with Gasteiger partial charge in [-0.2, -0.15) is 0 Å². The Morgan fingerprint density at radius 3 is 1.75 bits per heavy atom. The summed E-state index contributed by atoms with van der Waals surface area (Å²) in [5.41, 5.74) is 0. The average Bonchev–Trinajstić information content (AvgIpc) is 2.04. The lowest BCUT2D eigenvalue weighted by Gasteiger charge is -1.97. The van der Waals surface area contributed by atoms with Gasteiger partial charge < -0.3 is 9.84 Å². The number of esters is 1. The Morgan fingerprint density at radius 1 is 1.42 bits per heavy atom. The largest absolute Gasteiger partial charge is 0.481 e. The number of carboxylic acids is 1. The van der Waals surface area contributed by atoms with Gasteiger partial charge in [-0.1, -0.05) is 20.8 Å². The molecule has 0 aromatic heterocycles. The fraction of sp³-hybridized carbons (Fsp3) is 0.750. The smallest absolute Gasteiger partial charge is 0.308 e. The molecule has 0 saturated heterocycles. The predicted molar refractivity (Wildman–Crippen MR) is 44.8 cm³/mol. The number of carboxylic acid groups (broad SMARTS) is 1. The van der Waals surface area contributed by atoms with Crippen LogP contribution in [0, 0.1) is 5.92 Å². The number of hydrogen-bond acceptors (Lipinski definition) is 3. The first-order chi connectivity index (χ1) is 5.45. The van der Waals surface area contributed by atoms with E-state index in [4.69, 9.17) is 5.11 Å². The van der Waals surface area contributed by atoms with E-state index in [-0.39, 0.29) is 18.3 Å². The molecule has 0 aliphatic heterocycles. The second-order valence-corrected chi connectivity index (χ2v) is 2.43. The zero-order chi connectivity index (χ0) is 10.1. The highest BCUT2D eigenvalue weighted by atomic mass is 16.5. The van der Waals surface area contributed by atoms with E-state index in [1.807, 2.05) is 0 Å². The Hall–Kier alpha value is -1.06. The Labute approximate surface area is 72.5 Å². The van der Waals surface area contributed by atoms with E-state index in [0.717, 1.165) is 0 Å². The molecule has 0 aliphatic rings. The third-order valence-corrected chi connectivity index (χ3v) is 0.975. The number of aliphatic carboxylic acids is 1. The van der Waals surface area contributed by atoms with Gasteiger partial charge in [-0.25, -0.2) is 0 Å². The van der Waals surface area contributed by atoms with E-state index < -0.39 is 5.97 Å². The van der Waals surface area contributed by atoms with Crippen molar-refractivity contribution in [3.8, 4) is 0 Å². The maximum atomic E-state index is 10.3. The number of carbonyl (C=O) groups excluding carboxylic acids is 1. The standard InChI is InChI=1S/C5H10O2.C3H6O2/c1-4(2)5(6)7-3;1-2-3(4)5/h4H,1-3H3;2H2,1H3,(H,4,5). The van der Waals surface area contributed by atoms with Gasteiger partial charge in [0.15, 0.2) is 0 Å². The minimum absolute atomic E-state index is 0.00463. The van der Waals surface area contributed by atoms with Crippen LogP contribution in [0.2, 0.25) is 0 Å². The molecule has 1 N–H and O–H groups in total. The number of hydrogen-bond donors (Lipinski definition) is 1.